The second-order valence-electron chi connectivity index (χ2n) is 4.68. The fourth-order valence-corrected chi connectivity index (χ4v) is 3.49. The zero-order chi connectivity index (χ0) is 13.2. The maximum Gasteiger partial charge on any atom is 0.231 e. The number of rotatable bonds is 4. The van der Waals surface area contributed by atoms with Gasteiger partial charge in [0.1, 0.15) is 0 Å². The van der Waals surface area contributed by atoms with E-state index in [4.69, 9.17) is 10.5 Å². The molecule has 2 aliphatic heterocycles. The third kappa shape index (κ3) is 2.40. The van der Waals surface area contributed by atoms with Gasteiger partial charge in [-0.2, -0.15) is 0 Å². The largest absolute Gasteiger partial charge is 0.385 e. The summed E-state index contributed by atoms with van der Waals surface area (Å²) in [6.07, 6.45) is 4.19. The van der Waals surface area contributed by atoms with Crippen LogP contribution in [-0.2, 0) is 9.53 Å². The van der Waals surface area contributed by atoms with Gasteiger partial charge in [-0.15, -0.1) is 11.8 Å². The molecule has 5 nitrogen and oxygen atoms in total. The van der Waals surface area contributed by atoms with E-state index in [1.54, 1.807) is 25.9 Å². The van der Waals surface area contributed by atoms with Crippen LogP contribution in [0.4, 0.5) is 0 Å². The van der Waals surface area contributed by atoms with E-state index < -0.39 is 5.54 Å². The van der Waals surface area contributed by atoms with Gasteiger partial charge in [-0.3, -0.25) is 9.69 Å². The van der Waals surface area contributed by atoms with Crippen molar-refractivity contribution in [2.24, 2.45) is 10.7 Å². The van der Waals surface area contributed by atoms with Gasteiger partial charge in [0.2, 0.25) is 5.91 Å². The predicted octanol–water partition coefficient (Wildman–Crippen LogP) is 0.958. The minimum Gasteiger partial charge on any atom is -0.385 e. The average Bonchev–Trinajstić information content (AvgIpc) is 2.87. The standard InChI is InChI=1S/C12H19N3O2S/c1-15-10(16)8-12(5-6-17-2,14-11(15)13)9-4-3-7-18-9/h3,7,9H,4-6,8H2,1-2H3,(H2,13,14)/t9?,12-/m0/s1. The number of aliphatic imine (C=N–C) groups is 1. The zero-order valence-corrected chi connectivity index (χ0v) is 11.6. The Morgan fingerprint density at radius 2 is 2.50 bits per heavy atom. The lowest BCUT2D eigenvalue weighted by Crippen LogP contribution is -2.53. The predicted molar refractivity (Wildman–Crippen MR) is 73.4 cm³/mol. The summed E-state index contributed by atoms with van der Waals surface area (Å²) in [6, 6.07) is 0. The Bertz CT molecular complexity index is 389. The number of ether oxygens (including phenoxy) is 1. The molecule has 0 spiro atoms. The summed E-state index contributed by atoms with van der Waals surface area (Å²) in [5.41, 5.74) is 5.45. The molecule has 6 heteroatoms. The molecule has 0 radical (unpaired) electrons. The van der Waals surface area contributed by atoms with E-state index in [0.717, 1.165) is 12.8 Å². The number of allylic oxidation sites excluding steroid dienone is 1. The van der Waals surface area contributed by atoms with Gasteiger partial charge in [-0.25, -0.2) is 4.99 Å². The van der Waals surface area contributed by atoms with Crippen LogP contribution in [-0.4, -0.2) is 48.3 Å². The van der Waals surface area contributed by atoms with E-state index in [1.165, 1.54) is 4.90 Å². The van der Waals surface area contributed by atoms with Crippen LogP contribution in [0, 0.1) is 0 Å². The summed E-state index contributed by atoms with van der Waals surface area (Å²) in [5, 5.41) is 2.36. The Morgan fingerprint density at radius 3 is 3.06 bits per heavy atom. The summed E-state index contributed by atoms with van der Waals surface area (Å²) in [5.74, 6) is 0.348. The van der Waals surface area contributed by atoms with Crippen LogP contribution in [0.2, 0.25) is 0 Å². The van der Waals surface area contributed by atoms with Crippen LogP contribution >= 0.6 is 11.8 Å². The van der Waals surface area contributed by atoms with Gasteiger partial charge in [-0.05, 0) is 18.2 Å². The molecule has 0 aliphatic carbocycles. The monoisotopic (exact) mass is 269 g/mol. The van der Waals surface area contributed by atoms with Crippen LogP contribution in [0.15, 0.2) is 16.5 Å². The third-order valence-corrected chi connectivity index (χ3v) is 4.85. The lowest BCUT2D eigenvalue weighted by molar-refractivity contribution is -0.128. The van der Waals surface area contributed by atoms with E-state index in [9.17, 15) is 4.79 Å². The number of carbonyl (C=O) groups excluding carboxylic acids is 1. The molecule has 1 amide bonds. The van der Waals surface area contributed by atoms with Crippen molar-refractivity contribution in [2.45, 2.75) is 30.1 Å². The Morgan fingerprint density at radius 1 is 1.72 bits per heavy atom. The van der Waals surface area contributed by atoms with Gasteiger partial charge in [0, 0.05) is 26.0 Å². The van der Waals surface area contributed by atoms with Crippen LogP contribution in [0.3, 0.4) is 0 Å². The molecule has 1 unspecified atom stereocenters. The van der Waals surface area contributed by atoms with Gasteiger partial charge in [0.05, 0.1) is 12.0 Å². The number of nitrogens with two attached hydrogens (primary N) is 1. The molecular weight excluding hydrogens is 250 g/mol. The average molecular weight is 269 g/mol. The Hall–Kier alpha value is -1.01. The molecule has 2 aliphatic rings. The number of hydrogen-bond donors (Lipinski definition) is 1. The molecule has 0 aromatic rings. The molecular formula is C12H19N3O2S. The van der Waals surface area contributed by atoms with Crippen LogP contribution in [0.25, 0.3) is 0 Å². The molecule has 0 aromatic carbocycles. The van der Waals surface area contributed by atoms with Crippen molar-refractivity contribution < 1.29 is 9.53 Å². The highest BCUT2D eigenvalue weighted by Gasteiger charge is 2.45. The van der Waals surface area contributed by atoms with E-state index >= 15 is 0 Å². The highest BCUT2D eigenvalue weighted by atomic mass is 32.2. The summed E-state index contributed by atoms with van der Waals surface area (Å²) >= 11 is 1.73. The SMILES string of the molecule is COCC[C@@]1(C2CC=CS2)CC(=O)N(C)C(N)=N1. The minimum atomic E-state index is -0.419. The van der Waals surface area contributed by atoms with Crippen molar-refractivity contribution >= 4 is 23.6 Å². The lowest BCUT2D eigenvalue weighted by Gasteiger charge is -2.39. The molecule has 0 bridgehead atoms. The van der Waals surface area contributed by atoms with Gasteiger partial charge in [-0.1, -0.05) is 6.08 Å². The Balaban J connectivity index is 2.27. The summed E-state index contributed by atoms with van der Waals surface area (Å²) < 4.78 is 5.16. The first kappa shape index (κ1) is 13.4. The highest BCUT2D eigenvalue weighted by Crippen LogP contribution is 2.41. The first-order chi connectivity index (χ1) is 8.59. The molecule has 18 heavy (non-hydrogen) atoms. The molecule has 2 heterocycles. The molecule has 0 saturated carbocycles. The molecule has 2 atom stereocenters. The smallest absolute Gasteiger partial charge is 0.231 e. The summed E-state index contributed by atoms with van der Waals surface area (Å²) in [6.45, 7) is 0.588. The highest BCUT2D eigenvalue weighted by molar-refractivity contribution is 8.03. The number of methoxy groups -OCH3 is 1. The molecule has 100 valence electrons. The van der Waals surface area contributed by atoms with Crippen molar-refractivity contribution in [2.75, 3.05) is 20.8 Å². The molecule has 0 saturated heterocycles. The molecule has 2 N–H and O–H groups in total. The van der Waals surface area contributed by atoms with E-state index in [-0.39, 0.29) is 11.2 Å². The first-order valence-electron chi connectivity index (χ1n) is 6.00. The molecule has 2 rings (SSSR count). The number of amides is 1. The van der Waals surface area contributed by atoms with Crippen molar-refractivity contribution in [3.8, 4) is 0 Å². The number of guanidine groups is 1. The van der Waals surface area contributed by atoms with E-state index in [0.29, 0.717) is 19.0 Å². The van der Waals surface area contributed by atoms with Crippen molar-refractivity contribution in [1.29, 1.82) is 0 Å². The van der Waals surface area contributed by atoms with Gasteiger partial charge in [0.25, 0.3) is 0 Å². The quantitative estimate of drug-likeness (QED) is 0.825. The van der Waals surface area contributed by atoms with Crippen molar-refractivity contribution in [3.05, 3.63) is 11.5 Å². The summed E-state index contributed by atoms with van der Waals surface area (Å²) in [7, 11) is 3.33. The second-order valence-corrected chi connectivity index (χ2v) is 5.79. The first-order valence-corrected chi connectivity index (χ1v) is 6.94. The van der Waals surface area contributed by atoms with Crippen molar-refractivity contribution in [3.63, 3.8) is 0 Å². The fraction of sp³-hybridized carbons (Fsp3) is 0.667. The fourth-order valence-electron chi connectivity index (χ4n) is 2.35. The molecule has 0 aromatic heterocycles. The maximum absolute atomic E-state index is 12.0. The van der Waals surface area contributed by atoms with Crippen LogP contribution in [0.5, 0.6) is 0 Å². The molecule has 0 fully saturated rings. The van der Waals surface area contributed by atoms with Gasteiger partial charge < -0.3 is 10.5 Å². The normalized spacial score (nSPS) is 31.9. The number of thioether (sulfide) groups is 1. The number of hydrogen-bond acceptors (Lipinski definition) is 5. The third-order valence-electron chi connectivity index (χ3n) is 3.54. The van der Waals surface area contributed by atoms with Crippen LogP contribution in [0.1, 0.15) is 19.3 Å². The Kier molecular flexibility index (Phi) is 3.97. The number of carbonyl (C=O) groups is 1. The van der Waals surface area contributed by atoms with E-state index in [1.807, 2.05) is 0 Å². The van der Waals surface area contributed by atoms with Gasteiger partial charge in [0.15, 0.2) is 5.96 Å². The maximum atomic E-state index is 12.0. The topological polar surface area (TPSA) is 67.9 Å². The summed E-state index contributed by atoms with van der Waals surface area (Å²) in [4.78, 5) is 18.1. The minimum absolute atomic E-state index is 0.0334. The van der Waals surface area contributed by atoms with Crippen molar-refractivity contribution in [1.82, 2.24) is 4.90 Å². The van der Waals surface area contributed by atoms with E-state index in [2.05, 4.69) is 16.5 Å². The second kappa shape index (κ2) is 5.32. The van der Waals surface area contributed by atoms with Gasteiger partial charge >= 0.3 is 0 Å². The lowest BCUT2D eigenvalue weighted by atomic mass is 9.85. The number of nitrogens with zero attached hydrogens (tertiary/aromatic N) is 2. The zero-order valence-electron chi connectivity index (χ0n) is 10.8. The van der Waals surface area contributed by atoms with Crippen LogP contribution < -0.4 is 5.73 Å². The Labute approximate surface area is 111 Å².